The van der Waals surface area contributed by atoms with Gasteiger partial charge >= 0.3 is 0 Å². The van der Waals surface area contributed by atoms with Gasteiger partial charge in [-0.3, -0.25) is 9.69 Å². The Kier molecular flexibility index (Phi) is 5.43. The molecule has 0 aromatic carbocycles. The first-order chi connectivity index (χ1) is 8.13. The fraction of sp³-hybridized carbons (Fsp3) is 0.846. The van der Waals surface area contributed by atoms with Crippen LogP contribution in [-0.2, 0) is 4.79 Å². The summed E-state index contributed by atoms with van der Waals surface area (Å²) in [5.41, 5.74) is 0. The van der Waals surface area contributed by atoms with Crippen LogP contribution in [0.4, 0.5) is 0 Å². The second-order valence-corrected chi connectivity index (χ2v) is 4.68. The minimum Gasteiger partial charge on any atom is -0.340 e. The van der Waals surface area contributed by atoms with E-state index in [1.54, 1.807) is 0 Å². The van der Waals surface area contributed by atoms with Crippen molar-refractivity contribution in [2.24, 2.45) is 5.92 Å². The molecule has 96 valence electrons. The van der Waals surface area contributed by atoms with Gasteiger partial charge in [-0.15, -0.1) is 0 Å². The van der Waals surface area contributed by atoms with Crippen LogP contribution in [0.5, 0.6) is 0 Å². The summed E-state index contributed by atoms with van der Waals surface area (Å²) in [5.74, 6) is 0.467. The van der Waals surface area contributed by atoms with Crippen molar-refractivity contribution in [2.45, 2.75) is 39.7 Å². The fourth-order valence-electron chi connectivity index (χ4n) is 2.31. The molecule has 4 heteroatoms. The molecule has 1 unspecified atom stereocenters. The lowest BCUT2D eigenvalue weighted by atomic mass is 10.0. The van der Waals surface area contributed by atoms with Crippen LogP contribution in [-0.4, -0.2) is 47.9 Å². The first kappa shape index (κ1) is 14.0. The number of hydrogen-bond donors (Lipinski definition) is 0. The summed E-state index contributed by atoms with van der Waals surface area (Å²) < 4.78 is 0. The summed E-state index contributed by atoms with van der Waals surface area (Å²) in [6.07, 6.45) is 1.84. The maximum absolute atomic E-state index is 12.1. The van der Waals surface area contributed by atoms with Crippen LogP contribution in [0.15, 0.2) is 0 Å². The summed E-state index contributed by atoms with van der Waals surface area (Å²) in [6, 6.07) is 2.20. The van der Waals surface area contributed by atoms with Gasteiger partial charge in [-0.05, 0) is 19.8 Å². The zero-order valence-electron chi connectivity index (χ0n) is 11.1. The van der Waals surface area contributed by atoms with Gasteiger partial charge in [0, 0.05) is 32.1 Å². The normalized spacial score (nSPS) is 19.1. The molecule has 0 N–H and O–H groups in total. The first-order valence-corrected chi connectivity index (χ1v) is 6.56. The SMILES string of the molecule is CCC(CC)C(=O)N1CCN(C(C)C#N)CC1. The molecule has 0 bridgehead atoms. The van der Waals surface area contributed by atoms with Gasteiger partial charge in [0.05, 0.1) is 12.1 Å². The minimum atomic E-state index is -0.0413. The number of amides is 1. The van der Waals surface area contributed by atoms with Crippen LogP contribution in [0.25, 0.3) is 0 Å². The van der Waals surface area contributed by atoms with E-state index < -0.39 is 0 Å². The number of nitriles is 1. The summed E-state index contributed by atoms with van der Waals surface area (Å²) in [6.45, 7) is 9.22. The Morgan fingerprint density at radius 3 is 2.18 bits per heavy atom. The van der Waals surface area contributed by atoms with Gasteiger partial charge in [0.1, 0.15) is 0 Å². The van der Waals surface area contributed by atoms with Gasteiger partial charge in [-0.1, -0.05) is 13.8 Å². The summed E-state index contributed by atoms with van der Waals surface area (Å²) in [7, 11) is 0. The third-order valence-electron chi connectivity index (χ3n) is 3.70. The topological polar surface area (TPSA) is 47.3 Å². The molecular weight excluding hydrogens is 214 g/mol. The number of hydrogen-bond acceptors (Lipinski definition) is 3. The van der Waals surface area contributed by atoms with E-state index in [4.69, 9.17) is 5.26 Å². The highest BCUT2D eigenvalue weighted by molar-refractivity contribution is 5.78. The first-order valence-electron chi connectivity index (χ1n) is 6.56. The summed E-state index contributed by atoms with van der Waals surface area (Å²) in [4.78, 5) is 16.2. The van der Waals surface area contributed by atoms with Crippen LogP contribution in [0, 0.1) is 17.2 Å². The Morgan fingerprint density at radius 2 is 1.76 bits per heavy atom. The number of nitrogens with zero attached hydrogens (tertiary/aromatic N) is 3. The average Bonchev–Trinajstić information content (AvgIpc) is 2.39. The Morgan fingerprint density at radius 1 is 1.24 bits per heavy atom. The van der Waals surface area contributed by atoms with Gasteiger partial charge in [0.25, 0.3) is 0 Å². The molecule has 1 amide bonds. The van der Waals surface area contributed by atoms with Gasteiger partial charge in [0.2, 0.25) is 5.91 Å². The molecule has 1 rings (SSSR count). The molecule has 0 aliphatic carbocycles. The minimum absolute atomic E-state index is 0.0413. The number of piperazine rings is 1. The van der Waals surface area contributed by atoms with Crippen LogP contribution in [0.3, 0.4) is 0 Å². The predicted octanol–water partition coefficient (Wildman–Crippen LogP) is 1.48. The molecule has 0 aromatic rings. The van der Waals surface area contributed by atoms with Crippen molar-refractivity contribution in [2.75, 3.05) is 26.2 Å². The maximum Gasteiger partial charge on any atom is 0.225 e. The lowest BCUT2D eigenvalue weighted by Gasteiger charge is -2.37. The summed E-state index contributed by atoms with van der Waals surface area (Å²) >= 11 is 0. The van der Waals surface area contributed by atoms with Gasteiger partial charge in [-0.25, -0.2) is 0 Å². The molecule has 1 heterocycles. The van der Waals surface area contributed by atoms with Gasteiger partial charge in [-0.2, -0.15) is 5.26 Å². The van der Waals surface area contributed by atoms with Crippen molar-refractivity contribution < 1.29 is 4.79 Å². The van der Waals surface area contributed by atoms with E-state index in [1.807, 2.05) is 11.8 Å². The lowest BCUT2D eigenvalue weighted by molar-refractivity contribution is -0.137. The van der Waals surface area contributed by atoms with E-state index in [0.29, 0.717) is 5.91 Å². The molecule has 1 aliphatic heterocycles. The number of carbonyl (C=O) groups excluding carboxylic acids is 1. The Hall–Kier alpha value is -1.08. The van der Waals surface area contributed by atoms with Crippen molar-refractivity contribution in [1.82, 2.24) is 9.80 Å². The van der Waals surface area contributed by atoms with Crippen LogP contribution in [0.2, 0.25) is 0 Å². The zero-order chi connectivity index (χ0) is 12.8. The molecule has 17 heavy (non-hydrogen) atoms. The molecule has 0 spiro atoms. The molecular formula is C13H23N3O. The highest BCUT2D eigenvalue weighted by Crippen LogP contribution is 2.14. The average molecular weight is 237 g/mol. The van der Waals surface area contributed by atoms with Crippen molar-refractivity contribution in [3.8, 4) is 6.07 Å². The molecule has 0 saturated carbocycles. The van der Waals surface area contributed by atoms with Crippen LogP contribution in [0.1, 0.15) is 33.6 Å². The van der Waals surface area contributed by atoms with Crippen LogP contribution >= 0.6 is 0 Å². The second-order valence-electron chi connectivity index (χ2n) is 4.68. The second kappa shape index (κ2) is 6.61. The van der Waals surface area contributed by atoms with Crippen molar-refractivity contribution in [1.29, 1.82) is 5.26 Å². The van der Waals surface area contributed by atoms with E-state index in [1.165, 1.54) is 0 Å². The monoisotopic (exact) mass is 237 g/mol. The molecule has 1 fully saturated rings. The molecule has 0 aromatic heterocycles. The highest BCUT2D eigenvalue weighted by atomic mass is 16.2. The quantitative estimate of drug-likeness (QED) is 0.744. The zero-order valence-corrected chi connectivity index (χ0v) is 11.1. The fourth-order valence-corrected chi connectivity index (χ4v) is 2.31. The van der Waals surface area contributed by atoms with E-state index in [2.05, 4.69) is 24.8 Å². The standard InChI is InChI=1S/C13H23N3O/c1-4-12(5-2)13(17)16-8-6-15(7-9-16)11(3)10-14/h11-12H,4-9H2,1-3H3. The van der Waals surface area contributed by atoms with E-state index in [-0.39, 0.29) is 12.0 Å². The van der Waals surface area contributed by atoms with Crippen molar-refractivity contribution >= 4 is 5.91 Å². The van der Waals surface area contributed by atoms with Gasteiger partial charge in [0.15, 0.2) is 0 Å². The Labute approximate surface area is 104 Å². The third-order valence-corrected chi connectivity index (χ3v) is 3.70. The number of rotatable bonds is 4. The van der Waals surface area contributed by atoms with Crippen molar-refractivity contribution in [3.63, 3.8) is 0 Å². The highest BCUT2D eigenvalue weighted by Gasteiger charge is 2.26. The maximum atomic E-state index is 12.1. The van der Waals surface area contributed by atoms with Crippen molar-refractivity contribution in [3.05, 3.63) is 0 Å². The predicted molar refractivity (Wildman–Crippen MR) is 67.3 cm³/mol. The Bertz CT molecular complexity index is 286. The smallest absolute Gasteiger partial charge is 0.225 e. The van der Waals surface area contributed by atoms with Crippen LogP contribution < -0.4 is 0 Å². The molecule has 1 saturated heterocycles. The third kappa shape index (κ3) is 3.44. The van der Waals surface area contributed by atoms with E-state index in [0.717, 1.165) is 39.0 Å². The molecule has 0 radical (unpaired) electrons. The molecule has 1 aliphatic rings. The van der Waals surface area contributed by atoms with E-state index >= 15 is 0 Å². The molecule has 1 atom stereocenters. The number of carbonyl (C=O) groups is 1. The van der Waals surface area contributed by atoms with Gasteiger partial charge < -0.3 is 4.90 Å². The lowest BCUT2D eigenvalue weighted by Crippen LogP contribution is -2.52. The Balaban J connectivity index is 2.47. The van der Waals surface area contributed by atoms with E-state index in [9.17, 15) is 4.79 Å². The largest absolute Gasteiger partial charge is 0.340 e. The molecule has 4 nitrogen and oxygen atoms in total. The summed E-state index contributed by atoms with van der Waals surface area (Å²) in [5, 5.41) is 8.85.